The number of hydrogen-bond acceptors (Lipinski definition) is 4. The number of carbonyl (C=O) groups is 2. The Labute approximate surface area is 142 Å². The first-order chi connectivity index (χ1) is 11.7. The molecule has 1 aromatic carbocycles. The van der Waals surface area contributed by atoms with Crippen LogP contribution >= 0.6 is 0 Å². The first-order valence-electron chi connectivity index (χ1n) is 8.29. The summed E-state index contributed by atoms with van der Waals surface area (Å²) in [5.74, 6) is 0. The van der Waals surface area contributed by atoms with Gasteiger partial charge in [-0.2, -0.15) is 0 Å². The molecule has 0 saturated heterocycles. The van der Waals surface area contributed by atoms with Crippen molar-refractivity contribution >= 4 is 23.5 Å². The average molecular weight is 335 g/mol. The zero-order valence-corrected chi connectivity index (χ0v) is 14.0. The molecular weight excluding hydrogens is 310 g/mol. The number of benzene rings is 1. The van der Waals surface area contributed by atoms with Gasteiger partial charge in [0.15, 0.2) is 0 Å². The van der Waals surface area contributed by atoms with Gasteiger partial charge in [0.2, 0.25) is 0 Å². The van der Waals surface area contributed by atoms with Gasteiger partial charge in [0, 0.05) is 24.5 Å². The number of amides is 3. The number of rotatable bonds is 7. The molecule has 3 N–H and O–H groups in total. The van der Waals surface area contributed by atoms with E-state index in [9.17, 15) is 9.59 Å². The standard InChI is InChI=1S/C17H25N3O4/c1-23-17(22)20-14-7-4-6-13(12-14)19-16(21)18-10-5-11-24-15-8-2-3-9-15/h4,6-7,12,15H,2-3,5,8-11H2,1H3,(H,20,22)(H2,18,19,21). The van der Waals surface area contributed by atoms with Crippen LogP contribution in [0, 0.1) is 0 Å². The lowest BCUT2D eigenvalue weighted by Gasteiger charge is -2.12. The zero-order valence-electron chi connectivity index (χ0n) is 14.0. The molecule has 0 spiro atoms. The van der Waals surface area contributed by atoms with Crippen LogP contribution < -0.4 is 16.0 Å². The Bertz CT molecular complexity index is 544. The molecule has 2 rings (SSSR count). The van der Waals surface area contributed by atoms with E-state index in [1.54, 1.807) is 24.3 Å². The zero-order chi connectivity index (χ0) is 17.2. The second-order valence-corrected chi connectivity index (χ2v) is 5.71. The Kier molecular flexibility index (Phi) is 7.35. The summed E-state index contributed by atoms with van der Waals surface area (Å²) < 4.78 is 10.3. The van der Waals surface area contributed by atoms with Gasteiger partial charge in [0.25, 0.3) is 0 Å². The fraction of sp³-hybridized carbons (Fsp3) is 0.529. The fourth-order valence-corrected chi connectivity index (χ4v) is 2.60. The summed E-state index contributed by atoms with van der Waals surface area (Å²) in [7, 11) is 1.29. The van der Waals surface area contributed by atoms with Crippen molar-refractivity contribution in [2.24, 2.45) is 0 Å². The summed E-state index contributed by atoms with van der Waals surface area (Å²) in [6.07, 6.45) is 5.47. The second kappa shape index (κ2) is 9.77. The monoisotopic (exact) mass is 335 g/mol. The quantitative estimate of drug-likeness (QED) is 0.667. The maximum atomic E-state index is 11.8. The average Bonchev–Trinajstić information content (AvgIpc) is 3.08. The van der Waals surface area contributed by atoms with Crippen LogP contribution in [-0.4, -0.2) is 38.5 Å². The highest BCUT2D eigenvalue weighted by Gasteiger charge is 2.14. The smallest absolute Gasteiger partial charge is 0.411 e. The third kappa shape index (κ3) is 6.45. The first kappa shape index (κ1) is 18.1. The van der Waals surface area contributed by atoms with Gasteiger partial charge in [-0.1, -0.05) is 18.9 Å². The van der Waals surface area contributed by atoms with Crippen LogP contribution in [0.15, 0.2) is 24.3 Å². The van der Waals surface area contributed by atoms with Gasteiger partial charge in [-0.05, 0) is 37.5 Å². The molecular formula is C17H25N3O4. The molecule has 7 nitrogen and oxygen atoms in total. The van der Waals surface area contributed by atoms with Crippen LogP contribution in [-0.2, 0) is 9.47 Å². The van der Waals surface area contributed by atoms with Crippen molar-refractivity contribution in [2.75, 3.05) is 30.9 Å². The van der Waals surface area contributed by atoms with E-state index in [1.807, 2.05) is 0 Å². The van der Waals surface area contributed by atoms with E-state index in [4.69, 9.17) is 4.74 Å². The molecule has 0 bridgehead atoms. The Morgan fingerprint density at radius 3 is 2.58 bits per heavy atom. The Hall–Kier alpha value is -2.28. The molecule has 7 heteroatoms. The van der Waals surface area contributed by atoms with Crippen molar-refractivity contribution < 1.29 is 19.1 Å². The Morgan fingerprint density at radius 1 is 1.17 bits per heavy atom. The highest BCUT2D eigenvalue weighted by molar-refractivity contribution is 5.91. The minimum absolute atomic E-state index is 0.286. The van der Waals surface area contributed by atoms with E-state index >= 15 is 0 Å². The van der Waals surface area contributed by atoms with E-state index < -0.39 is 6.09 Å². The van der Waals surface area contributed by atoms with Gasteiger partial charge < -0.3 is 20.1 Å². The first-order valence-corrected chi connectivity index (χ1v) is 8.29. The molecule has 0 aliphatic heterocycles. The molecule has 1 saturated carbocycles. The maximum Gasteiger partial charge on any atom is 0.411 e. The lowest BCUT2D eigenvalue weighted by atomic mass is 10.3. The van der Waals surface area contributed by atoms with E-state index in [0.29, 0.717) is 30.6 Å². The van der Waals surface area contributed by atoms with Gasteiger partial charge >= 0.3 is 12.1 Å². The number of ether oxygens (including phenoxy) is 2. The van der Waals surface area contributed by atoms with Gasteiger partial charge in [-0.3, -0.25) is 5.32 Å². The van der Waals surface area contributed by atoms with Gasteiger partial charge in [-0.15, -0.1) is 0 Å². The number of urea groups is 1. The molecule has 0 heterocycles. The van der Waals surface area contributed by atoms with Crippen LogP contribution in [0.25, 0.3) is 0 Å². The predicted octanol–water partition coefficient (Wildman–Crippen LogP) is 3.34. The summed E-state index contributed by atoms with van der Waals surface area (Å²) in [5, 5.41) is 8.05. The summed E-state index contributed by atoms with van der Waals surface area (Å²) in [5.41, 5.74) is 1.13. The van der Waals surface area contributed by atoms with Crippen LogP contribution in [0.5, 0.6) is 0 Å². The number of hydrogen-bond donors (Lipinski definition) is 3. The normalized spacial score (nSPS) is 14.2. The SMILES string of the molecule is COC(=O)Nc1cccc(NC(=O)NCCCOC2CCCC2)c1. The van der Waals surface area contributed by atoms with Crippen molar-refractivity contribution in [3.05, 3.63) is 24.3 Å². The van der Waals surface area contributed by atoms with Crippen LogP contribution in [0.1, 0.15) is 32.1 Å². The van der Waals surface area contributed by atoms with E-state index in [2.05, 4.69) is 20.7 Å². The molecule has 1 fully saturated rings. The summed E-state index contributed by atoms with van der Waals surface area (Å²) in [4.78, 5) is 23.0. The van der Waals surface area contributed by atoms with Gasteiger partial charge in [-0.25, -0.2) is 9.59 Å². The molecule has 24 heavy (non-hydrogen) atoms. The number of nitrogens with one attached hydrogen (secondary N) is 3. The summed E-state index contributed by atoms with van der Waals surface area (Å²) >= 11 is 0. The minimum atomic E-state index is -0.557. The second-order valence-electron chi connectivity index (χ2n) is 5.71. The lowest BCUT2D eigenvalue weighted by Crippen LogP contribution is -2.30. The molecule has 132 valence electrons. The summed E-state index contributed by atoms with van der Waals surface area (Å²) in [6, 6.07) is 6.55. The number of carbonyl (C=O) groups excluding carboxylic acids is 2. The number of methoxy groups -OCH3 is 1. The number of anilines is 2. The molecule has 0 aromatic heterocycles. The molecule has 1 aliphatic rings. The van der Waals surface area contributed by atoms with E-state index in [1.165, 1.54) is 20.0 Å². The van der Waals surface area contributed by atoms with Crippen molar-refractivity contribution in [1.82, 2.24) is 5.32 Å². The molecule has 0 unspecified atom stereocenters. The largest absolute Gasteiger partial charge is 0.453 e. The molecule has 1 aliphatic carbocycles. The minimum Gasteiger partial charge on any atom is -0.453 e. The van der Waals surface area contributed by atoms with Crippen LogP contribution in [0.3, 0.4) is 0 Å². The van der Waals surface area contributed by atoms with E-state index in [0.717, 1.165) is 19.3 Å². The van der Waals surface area contributed by atoms with Crippen LogP contribution in [0.2, 0.25) is 0 Å². The van der Waals surface area contributed by atoms with Crippen molar-refractivity contribution in [3.63, 3.8) is 0 Å². The third-order valence-corrected chi connectivity index (χ3v) is 3.81. The predicted molar refractivity (Wildman–Crippen MR) is 92.3 cm³/mol. The highest BCUT2D eigenvalue weighted by atomic mass is 16.5. The van der Waals surface area contributed by atoms with E-state index in [-0.39, 0.29) is 6.03 Å². The molecule has 0 atom stereocenters. The Balaban J connectivity index is 1.64. The van der Waals surface area contributed by atoms with Crippen LogP contribution in [0.4, 0.5) is 21.0 Å². The lowest BCUT2D eigenvalue weighted by molar-refractivity contribution is 0.0572. The molecule has 0 radical (unpaired) electrons. The maximum absolute atomic E-state index is 11.8. The Morgan fingerprint density at radius 2 is 1.88 bits per heavy atom. The van der Waals surface area contributed by atoms with Crippen molar-refractivity contribution in [3.8, 4) is 0 Å². The third-order valence-electron chi connectivity index (χ3n) is 3.81. The highest BCUT2D eigenvalue weighted by Crippen LogP contribution is 2.20. The van der Waals surface area contributed by atoms with Crippen molar-refractivity contribution in [2.45, 2.75) is 38.2 Å². The summed E-state index contributed by atoms with van der Waals surface area (Å²) in [6.45, 7) is 1.22. The van der Waals surface area contributed by atoms with Gasteiger partial charge in [0.05, 0.1) is 13.2 Å². The molecule has 1 aromatic rings. The topological polar surface area (TPSA) is 88.7 Å². The van der Waals surface area contributed by atoms with Crippen molar-refractivity contribution in [1.29, 1.82) is 0 Å². The molecule has 3 amide bonds. The fourth-order valence-electron chi connectivity index (χ4n) is 2.60. The van der Waals surface area contributed by atoms with Gasteiger partial charge in [0.1, 0.15) is 0 Å².